The van der Waals surface area contributed by atoms with Crippen LogP contribution in [-0.4, -0.2) is 23.5 Å². The molecular weight excluding hydrogens is 526 g/mol. The van der Waals surface area contributed by atoms with Crippen molar-refractivity contribution in [3.63, 3.8) is 0 Å². The lowest BCUT2D eigenvalue weighted by Crippen LogP contribution is -1.99. The van der Waals surface area contributed by atoms with E-state index >= 15 is 0 Å². The zero-order valence-electron chi connectivity index (χ0n) is 23.0. The van der Waals surface area contributed by atoms with E-state index < -0.39 is 0 Å². The Labute approximate surface area is 245 Å². The second kappa shape index (κ2) is 8.30. The minimum atomic E-state index is 0.934. The molecule has 0 aliphatic heterocycles. The molecule has 0 radical (unpaired) electrons. The van der Waals surface area contributed by atoms with E-state index in [1.807, 2.05) is 18.5 Å². The highest BCUT2D eigenvalue weighted by Gasteiger charge is 2.27. The summed E-state index contributed by atoms with van der Waals surface area (Å²) in [6.07, 6.45) is 5.86. The minimum Gasteiger partial charge on any atom is -0.309 e. The lowest BCUT2D eigenvalue weighted by atomic mass is 9.98. The molecule has 5 aromatic carbocycles. The van der Waals surface area contributed by atoms with Crippen molar-refractivity contribution in [3.8, 4) is 11.4 Å². The molecule has 0 amide bonds. The van der Waals surface area contributed by atoms with Crippen molar-refractivity contribution in [3.05, 3.63) is 140 Å². The molecule has 0 N–H and O–H groups in total. The molecular formula is C38H23N5. The predicted octanol–water partition coefficient (Wildman–Crippen LogP) is 9.23. The highest BCUT2D eigenvalue weighted by Crippen LogP contribution is 2.49. The van der Waals surface area contributed by atoms with Gasteiger partial charge in [-0.15, -0.1) is 0 Å². The molecule has 0 unspecified atom stereocenters. The van der Waals surface area contributed by atoms with Gasteiger partial charge in [-0.05, 0) is 48.5 Å². The van der Waals surface area contributed by atoms with Crippen LogP contribution in [0, 0.1) is 0 Å². The first-order valence-corrected chi connectivity index (χ1v) is 14.5. The van der Waals surface area contributed by atoms with E-state index in [0.717, 1.165) is 49.9 Å². The van der Waals surface area contributed by atoms with Gasteiger partial charge < -0.3 is 9.13 Å². The fourth-order valence-corrected chi connectivity index (χ4v) is 7.30. The minimum absolute atomic E-state index is 0.934. The molecule has 0 spiro atoms. The molecule has 200 valence electrons. The second-order valence-corrected chi connectivity index (χ2v) is 11.1. The predicted molar refractivity (Wildman–Crippen MR) is 177 cm³/mol. The molecule has 0 saturated heterocycles. The van der Waals surface area contributed by atoms with E-state index in [9.17, 15) is 0 Å². The maximum Gasteiger partial charge on any atom is 0.145 e. The van der Waals surface area contributed by atoms with Gasteiger partial charge in [-0.2, -0.15) is 0 Å². The van der Waals surface area contributed by atoms with Gasteiger partial charge in [0.25, 0.3) is 0 Å². The molecule has 43 heavy (non-hydrogen) atoms. The number of benzene rings is 5. The van der Waals surface area contributed by atoms with Crippen LogP contribution in [-0.2, 0) is 0 Å². The lowest BCUT2D eigenvalue weighted by Gasteiger charge is -2.15. The number of imidazole rings is 1. The van der Waals surface area contributed by atoms with E-state index in [0.29, 0.717) is 0 Å². The smallest absolute Gasteiger partial charge is 0.145 e. The summed E-state index contributed by atoms with van der Waals surface area (Å²) in [6, 6.07) is 43.1. The molecule has 10 rings (SSSR count). The quantitative estimate of drug-likeness (QED) is 0.202. The molecule has 0 atom stereocenters. The largest absolute Gasteiger partial charge is 0.309 e. The van der Waals surface area contributed by atoms with Gasteiger partial charge in [-0.25, -0.2) is 4.98 Å². The zero-order chi connectivity index (χ0) is 28.1. The number of rotatable bonds is 2. The van der Waals surface area contributed by atoms with Crippen LogP contribution in [0.3, 0.4) is 0 Å². The molecule has 5 heterocycles. The average Bonchev–Trinajstić information content (AvgIpc) is 3.78. The summed E-state index contributed by atoms with van der Waals surface area (Å²) in [5.41, 5.74) is 9.84. The Morgan fingerprint density at radius 2 is 0.977 bits per heavy atom. The monoisotopic (exact) mass is 549 g/mol. The van der Waals surface area contributed by atoms with Crippen LogP contribution < -0.4 is 0 Å². The molecule has 0 fully saturated rings. The van der Waals surface area contributed by atoms with E-state index in [2.05, 4.69) is 135 Å². The number of aromatic nitrogens is 5. The summed E-state index contributed by atoms with van der Waals surface area (Å²) in [5, 5.41) is 7.05. The Bertz CT molecular complexity index is 2710. The van der Waals surface area contributed by atoms with Gasteiger partial charge in [-0.1, -0.05) is 72.8 Å². The summed E-state index contributed by atoms with van der Waals surface area (Å²) in [4.78, 5) is 10.1. The molecule has 5 aromatic heterocycles. The van der Waals surface area contributed by atoms with Crippen LogP contribution >= 0.6 is 0 Å². The third-order valence-corrected chi connectivity index (χ3v) is 8.90. The summed E-state index contributed by atoms with van der Waals surface area (Å²) >= 11 is 0. The number of nitrogens with zero attached hydrogens (tertiary/aromatic N) is 5. The molecule has 0 bridgehead atoms. The van der Waals surface area contributed by atoms with Crippen LogP contribution in [0.4, 0.5) is 0 Å². The number of pyridine rings is 2. The number of para-hydroxylation sites is 4. The van der Waals surface area contributed by atoms with Gasteiger partial charge in [0.05, 0.1) is 33.1 Å². The maximum absolute atomic E-state index is 5.08. The Morgan fingerprint density at radius 1 is 0.419 bits per heavy atom. The third-order valence-electron chi connectivity index (χ3n) is 8.90. The van der Waals surface area contributed by atoms with Crippen molar-refractivity contribution in [2.45, 2.75) is 0 Å². The molecule has 0 aliphatic carbocycles. The second-order valence-electron chi connectivity index (χ2n) is 11.1. The van der Waals surface area contributed by atoms with Gasteiger partial charge in [0, 0.05) is 62.3 Å². The standard InChI is InChI=1S/C38H23N5/c1-3-12-24(13-4-1)42-28-18-9-7-16-26(28)31-33-34(35-30(20-11-21-39-35)41-23-22-40-38(33)41)37-32(36(31)42)27-17-8-10-19-29(27)43(37)25-14-5-2-6-15-25/h1-23H. The van der Waals surface area contributed by atoms with Crippen molar-refractivity contribution in [2.24, 2.45) is 0 Å². The Morgan fingerprint density at radius 3 is 1.65 bits per heavy atom. The Kier molecular flexibility index (Phi) is 4.39. The zero-order valence-corrected chi connectivity index (χ0v) is 23.0. The normalized spacial score (nSPS) is 12.2. The van der Waals surface area contributed by atoms with Crippen molar-refractivity contribution in [2.75, 3.05) is 0 Å². The van der Waals surface area contributed by atoms with Crippen molar-refractivity contribution >= 4 is 71.1 Å². The third kappa shape index (κ3) is 2.85. The number of hydrogen-bond donors (Lipinski definition) is 0. The highest BCUT2D eigenvalue weighted by atomic mass is 15.0. The highest BCUT2D eigenvalue weighted by molar-refractivity contribution is 6.41. The van der Waals surface area contributed by atoms with Crippen LogP contribution in [0.25, 0.3) is 82.4 Å². The van der Waals surface area contributed by atoms with Crippen LogP contribution in [0.2, 0.25) is 0 Å². The Balaban J connectivity index is 1.66. The fraction of sp³-hybridized carbons (Fsp3) is 0. The summed E-state index contributed by atoms with van der Waals surface area (Å²) < 4.78 is 7.06. The summed E-state index contributed by atoms with van der Waals surface area (Å²) in [7, 11) is 0. The van der Waals surface area contributed by atoms with Gasteiger partial charge in [0.1, 0.15) is 5.65 Å². The van der Waals surface area contributed by atoms with Gasteiger partial charge in [0.15, 0.2) is 0 Å². The Hall–Kier alpha value is -5.94. The van der Waals surface area contributed by atoms with Crippen molar-refractivity contribution in [1.29, 1.82) is 0 Å². The number of fused-ring (bicyclic) bond motifs is 15. The van der Waals surface area contributed by atoms with Gasteiger partial charge in [-0.3, -0.25) is 9.38 Å². The topological polar surface area (TPSA) is 40.1 Å². The van der Waals surface area contributed by atoms with E-state index in [4.69, 9.17) is 9.97 Å². The average molecular weight is 550 g/mol. The van der Waals surface area contributed by atoms with E-state index in [1.165, 1.54) is 32.6 Å². The fourth-order valence-electron chi connectivity index (χ4n) is 7.30. The van der Waals surface area contributed by atoms with Crippen LogP contribution in [0.15, 0.2) is 140 Å². The SMILES string of the molecule is c1ccc(-n2c3ccccc3c3c4c(c5ncccc5n5ccnc45)c4c(c5ccccc5n4-c4ccccc4)c32)cc1. The molecule has 10 aromatic rings. The summed E-state index contributed by atoms with van der Waals surface area (Å²) in [5.74, 6) is 0. The number of hydrogen-bond acceptors (Lipinski definition) is 2. The first-order chi connectivity index (χ1) is 21.4. The van der Waals surface area contributed by atoms with E-state index in [-0.39, 0.29) is 0 Å². The van der Waals surface area contributed by atoms with Crippen LogP contribution in [0.1, 0.15) is 0 Å². The summed E-state index contributed by atoms with van der Waals surface area (Å²) in [6.45, 7) is 0. The molecule has 5 nitrogen and oxygen atoms in total. The van der Waals surface area contributed by atoms with E-state index in [1.54, 1.807) is 0 Å². The molecule has 0 saturated carbocycles. The van der Waals surface area contributed by atoms with Crippen molar-refractivity contribution < 1.29 is 0 Å². The first kappa shape index (κ1) is 22.7. The van der Waals surface area contributed by atoms with Gasteiger partial charge >= 0.3 is 0 Å². The molecule has 0 aliphatic rings. The van der Waals surface area contributed by atoms with Gasteiger partial charge in [0.2, 0.25) is 0 Å². The molecule has 5 heteroatoms. The lowest BCUT2D eigenvalue weighted by molar-refractivity contribution is 1.18. The van der Waals surface area contributed by atoms with Crippen molar-refractivity contribution in [1.82, 2.24) is 23.5 Å². The maximum atomic E-state index is 5.08. The van der Waals surface area contributed by atoms with Crippen LogP contribution in [0.5, 0.6) is 0 Å². The first-order valence-electron chi connectivity index (χ1n) is 14.5.